The molecule has 0 bridgehead atoms. The van der Waals surface area contributed by atoms with Gasteiger partial charge in [-0.2, -0.15) is 0 Å². The summed E-state index contributed by atoms with van der Waals surface area (Å²) in [6.07, 6.45) is 0.156. The van der Waals surface area contributed by atoms with E-state index in [0.717, 1.165) is 17.8 Å². The van der Waals surface area contributed by atoms with E-state index in [9.17, 15) is 18.7 Å². The molecule has 1 unspecified atom stereocenters. The van der Waals surface area contributed by atoms with Gasteiger partial charge in [0.15, 0.2) is 0 Å². The van der Waals surface area contributed by atoms with Crippen molar-refractivity contribution >= 4 is 5.91 Å². The van der Waals surface area contributed by atoms with E-state index in [1.807, 2.05) is 0 Å². The predicted molar refractivity (Wildman–Crippen MR) is 72.6 cm³/mol. The van der Waals surface area contributed by atoms with Crippen LogP contribution in [0.1, 0.15) is 27.7 Å². The second kappa shape index (κ2) is 6.41. The first-order valence-corrected chi connectivity index (χ1v) is 6.31. The lowest BCUT2D eigenvalue weighted by Gasteiger charge is -2.13. The Kier molecular flexibility index (Phi) is 4.59. The van der Waals surface area contributed by atoms with E-state index in [4.69, 9.17) is 0 Å². The highest BCUT2D eigenvalue weighted by atomic mass is 19.1. The standard InChI is InChI=1S/C15H14F2N2O2/c1-9-2-3-10(7-18-9)15(21)19-8-14(20)12-5-4-11(16)6-13(12)17/h2-7,14,20H,8H2,1H3,(H,19,21). The number of pyridine rings is 1. The number of carbonyl (C=O) groups is 1. The zero-order valence-corrected chi connectivity index (χ0v) is 11.3. The van der Waals surface area contributed by atoms with Crippen LogP contribution in [0, 0.1) is 18.6 Å². The molecule has 0 radical (unpaired) electrons. The van der Waals surface area contributed by atoms with Crippen molar-refractivity contribution in [1.82, 2.24) is 10.3 Å². The van der Waals surface area contributed by atoms with Crippen LogP contribution in [0.15, 0.2) is 36.5 Å². The molecule has 2 N–H and O–H groups in total. The fraction of sp³-hybridized carbons (Fsp3) is 0.200. The maximum atomic E-state index is 13.5. The summed E-state index contributed by atoms with van der Waals surface area (Å²) in [5.74, 6) is -2.00. The molecule has 0 fully saturated rings. The second-order valence-electron chi connectivity index (χ2n) is 4.58. The summed E-state index contributed by atoms with van der Waals surface area (Å²) < 4.78 is 26.3. The summed E-state index contributed by atoms with van der Waals surface area (Å²) >= 11 is 0. The van der Waals surface area contributed by atoms with Crippen molar-refractivity contribution in [2.24, 2.45) is 0 Å². The van der Waals surface area contributed by atoms with Gasteiger partial charge < -0.3 is 10.4 Å². The molecule has 0 aliphatic rings. The van der Waals surface area contributed by atoms with Gasteiger partial charge in [0.05, 0.1) is 11.7 Å². The fourth-order valence-corrected chi connectivity index (χ4v) is 1.78. The van der Waals surface area contributed by atoms with Crippen LogP contribution in [0.2, 0.25) is 0 Å². The lowest BCUT2D eigenvalue weighted by molar-refractivity contribution is 0.0913. The maximum Gasteiger partial charge on any atom is 0.252 e. The molecular formula is C15H14F2N2O2. The Morgan fingerprint density at radius 1 is 1.33 bits per heavy atom. The van der Waals surface area contributed by atoms with Crippen LogP contribution in [0.25, 0.3) is 0 Å². The van der Waals surface area contributed by atoms with Crippen molar-refractivity contribution in [2.45, 2.75) is 13.0 Å². The molecule has 0 saturated heterocycles. The number of benzene rings is 1. The van der Waals surface area contributed by atoms with Crippen LogP contribution in [0.3, 0.4) is 0 Å². The summed E-state index contributed by atoms with van der Waals surface area (Å²) in [5, 5.41) is 12.3. The number of aromatic nitrogens is 1. The Morgan fingerprint density at radius 3 is 2.71 bits per heavy atom. The molecule has 0 aliphatic heterocycles. The number of hydrogen-bond acceptors (Lipinski definition) is 3. The van der Waals surface area contributed by atoms with Crippen LogP contribution in [-0.2, 0) is 0 Å². The monoisotopic (exact) mass is 292 g/mol. The minimum absolute atomic E-state index is 0.0706. The number of nitrogens with zero attached hydrogens (tertiary/aromatic N) is 1. The average molecular weight is 292 g/mol. The van der Waals surface area contributed by atoms with Crippen molar-refractivity contribution in [3.8, 4) is 0 Å². The number of halogens is 2. The van der Waals surface area contributed by atoms with Crippen LogP contribution >= 0.6 is 0 Å². The topological polar surface area (TPSA) is 62.2 Å². The van der Waals surface area contributed by atoms with Gasteiger partial charge in [0.25, 0.3) is 5.91 Å². The van der Waals surface area contributed by atoms with Crippen molar-refractivity contribution in [3.63, 3.8) is 0 Å². The number of aliphatic hydroxyl groups is 1. The Hall–Kier alpha value is -2.34. The Balaban J connectivity index is 1.98. The summed E-state index contributed by atoms with van der Waals surface area (Å²) in [6.45, 7) is 1.61. The third-order valence-corrected chi connectivity index (χ3v) is 2.95. The van der Waals surface area contributed by atoms with Crippen molar-refractivity contribution in [3.05, 3.63) is 65.0 Å². The van der Waals surface area contributed by atoms with Gasteiger partial charge in [-0.3, -0.25) is 9.78 Å². The molecule has 110 valence electrons. The van der Waals surface area contributed by atoms with Crippen molar-refractivity contribution < 1.29 is 18.7 Å². The van der Waals surface area contributed by atoms with Crippen LogP contribution in [0.5, 0.6) is 0 Å². The molecule has 0 aliphatic carbocycles. The predicted octanol–water partition coefficient (Wildman–Crippen LogP) is 2.13. The maximum absolute atomic E-state index is 13.5. The number of amides is 1. The van der Waals surface area contributed by atoms with E-state index in [2.05, 4.69) is 10.3 Å². The first-order valence-electron chi connectivity index (χ1n) is 6.31. The molecule has 1 aromatic carbocycles. The number of carbonyl (C=O) groups excluding carboxylic acids is 1. The van der Waals surface area contributed by atoms with Gasteiger partial charge in [-0.25, -0.2) is 8.78 Å². The van der Waals surface area contributed by atoms with E-state index >= 15 is 0 Å². The van der Waals surface area contributed by atoms with Crippen LogP contribution < -0.4 is 5.32 Å². The molecule has 1 heterocycles. The summed E-state index contributed by atoms with van der Waals surface area (Å²) in [4.78, 5) is 15.8. The Bertz CT molecular complexity index is 645. The SMILES string of the molecule is Cc1ccc(C(=O)NCC(O)c2ccc(F)cc2F)cn1. The van der Waals surface area contributed by atoms with E-state index in [0.29, 0.717) is 11.6 Å². The first kappa shape index (κ1) is 15.1. The molecule has 1 atom stereocenters. The molecule has 2 rings (SSSR count). The molecule has 21 heavy (non-hydrogen) atoms. The minimum atomic E-state index is -1.26. The molecule has 0 saturated carbocycles. The second-order valence-corrected chi connectivity index (χ2v) is 4.58. The molecule has 6 heteroatoms. The third-order valence-electron chi connectivity index (χ3n) is 2.95. The van der Waals surface area contributed by atoms with E-state index in [-0.39, 0.29) is 12.1 Å². The zero-order valence-electron chi connectivity index (χ0n) is 11.3. The normalized spacial score (nSPS) is 12.0. The molecule has 1 aromatic heterocycles. The molecule has 2 aromatic rings. The van der Waals surface area contributed by atoms with Gasteiger partial charge in [0.1, 0.15) is 11.6 Å². The van der Waals surface area contributed by atoms with E-state index < -0.39 is 23.6 Å². The lowest BCUT2D eigenvalue weighted by atomic mass is 10.1. The summed E-state index contributed by atoms with van der Waals surface area (Å²) in [5.41, 5.74) is 1.05. The molecule has 1 amide bonds. The van der Waals surface area contributed by atoms with Crippen molar-refractivity contribution in [2.75, 3.05) is 6.54 Å². The lowest BCUT2D eigenvalue weighted by Crippen LogP contribution is -2.28. The fourth-order valence-electron chi connectivity index (χ4n) is 1.78. The number of rotatable bonds is 4. The zero-order chi connectivity index (χ0) is 15.4. The number of aryl methyl sites for hydroxylation is 1. The Morgan fingerprint density at radius 2 is 2.10 bits per heavy atom. The van der Waals surface area contributed by atoms with Crippen molar-refractivity contribution in [1.29, 1.82) is 0 Å². The summed E-state index contributed by atoms with van der Waals surface area (Å²) in [7, 11) is 0. The average Bonchev–Trinajstić information content (AvgIpc) is 2.45. The summed E-state index contributed by atoms with van der Waals surface area (Å²) in [6, 6.07) is 6.17. The third kappa shape index (κ3) is 3.82. The van der Waals surface area contributed by atoms with E-state index in [1.165, 1.54) is 6.20 Å². The van der Waals surface area contributed by atoms with Gasteiger partial charge in [-0.15, -0.1) is 0 Å². The van der Waals surface area contributed by atoms with Crippen LogP contribution in [-0.4, -0.2) is 22.5 Å². The quantitative estimate of drug-likeness (QED) is 0.907. The highest BCUT2D eigenvalue weighted by molar-refractivity contribution is 5.93. The number of aliphatic hydroxyl groups excluding tert-OH is 1. The highest BCUT2D eigenvalue weighted by Crippen LogP contribution is 2.17. The largest absolute Gasteiger partial charge is 0.386 e. The minimum Gasteiger partial charge on any atom is -0.386 e. The van der Waals surface area contributed by atoms with E-state index in [1.54, 1.807) is 19.1 Å². The smallest absolute Gasteiger partial charge is 0.252 e. The molecule has 4 nitrogen and oxygen atoms in total. The van der Waals surface area contributed by atoms with Gasteiger partial charge in [-0.1, -0.05) is 6.07 Å². The molecule has 0 spiro atoms. The van der Waals surface area contributed by atoms with Gasteiger partial charge in [-0.05, 0) is 25.1 Å². The number of nitrogens with one attached hydrogen (secondary N) is 1. The molecular weight excluding hydrogens is 278 g/mol. The van der Waals surface area contributed by atoms with Gasteiger partial charge >= 0.3 is 0 Å². The van der Waals surface area contributed by atoms with Gasteiger partial charge in [0.2, 0.25) is 0 Å². The highest BCUT2D eigenvalue weighted by Gasteiger charge is 2.15. The number of hydrogen-bond donors (Lipinski definition) is 2. The Labute approximate surface area is 120 Å². The van der Waals surface area contributed by atoms with Crippen LogP contribution in [0.4, 0.5) is 8.78 Å². The first-order chi connectivity index (χ1) is 9.97. The van der Waals surface area contributed by atoms with Gasteiger partial charge in [0, 0.05) is 30.1 Å².